The molecule has 12 heteroatoms. The first-order valence-corrected chi connectivity index (χ1v) is 16.3. The second-order valence-electron chi connectivity index (χ2n) is 14.6. The van der Waals surface area contributed by atoms with Crippen molar-refractivity contribution in [1.29, 1.82) is 0 Å². The number of rotatable bonds is 11. The number of amides is 4. The zero-order chi connectivity index (χ0) is 33.9. The van der Waals surface area contributed by atoms with Crippen LogP contribution >= 0.6 is 0 Å². The van der Waals surface area contributed by atoms with Crippen molar-refractivity contribution in [3.8, 4) is 17.2 Å². The van der Waals surface area contributed by atoms with Gasteiger partial charge < -0.3 is 34.7 Å². The van der Waals surface area contributed by atoms with Gasteiger partial charge in [-0.25, -0.2) is 9.59 Å². The van der Waals surface area contributed by atoms with Crippen molar-refractivity contribution in [3.05, 3.63) is 17.7 Å². The summed E-state index contributed by atoms with van der Waals surface area (Å²) >= 11 is 0. The maximum Gasteiger partial charge on any atom is 0.420 e. The molecule has 12 nitrogen and oxygen atoms in total. The molecular weight excluding hydrogens is 594 g/mol. The average molecular weight is 646 g/mol. The van der Waals surface area contributed by atoms with E-state index in [4.69, 9.17) is 18.9 Å². The Kier molecular flexibility index (Phi) is 11.0. The van der Waals surface area contributed by atoms with Crippen LogP contribution in [0.3, 0.4) is 0 Å². The van der Waals surface area contributed by atoms with Crippen molar-refractivity contribution in [1.82, 2.24) is 15.5 Å². The minimum atomic E-state index is -1.54. The lowest BCUT2D eigenvalue weighted by molar-refractivity contribution is -0.133. The number of carbonyl (C=O) groups is 4. The van der Waals surface area contributed by atoms with Gasteiger partial charge in [-0.3, -0.25) is 9.59 Å². The van der Waals surface area contributed by atoms with Gasteiger partial charge in [-0.15, -0.1) is 0 Å². The standard InChI is InChI=1S/C34H51N3O9/c1-18(2)17-45-32(41)37(33(42)46-34(4,5)6)26(16-25-27(43-7)14-24(38)15-28(25)44-8)31(40)35-19(3)30(39)36-29-22-10-20-9-21(12-22)13-23(29)11-20/h14-15,18-23,26,29,38H,9-13,16-17H2,1-8H3,(H,35,40)(H,36,39)/t19-,20?,21?,22?,23?,26?,29?/m1/s1. The molecule has 4 aliphatic rings. The first-order chi connectivity index (χ1) is 21.6. The minimum Gasteiger partial charge on any atom is -0.508 e. The SMILES string of the molecule is COc1cc(O)cc(OC)c1CC(C(=O)N[C@H](C)C(=O)NC1C2CC3CC(C2)CC1C3)N(C(=O)OCC(C)C)C(=O)OC(C)(C)C. The van der Waals surface area contributed by atoms with E-state index in [9.17, 15) is 24.3 Å². The van der Waals surface area contributed by atoms with E-state index in [0.29, 0.717) is 22.3 Å². The molecule has 0 radical (unpaired) electrons. The fraction of sp³-hybridized carbons (Fsp3) is 0.706. The normalized spacial score (nSPS) is 24.5. The predicted molar refractivity (Wildman–Crippen MR) is 170 cm³/mol. The summed E-state index contributed by atoms with van der Waals surface area (Å²) in [7, 11) is 2.76. The van der Waals surface area contributed by atoms with E-state index in [1.807, 2.05) is 13.8 Å². The molecule has 4 saturated carbocycles. The zero-order valence-corrected chi connectivity index (χ0v) is 28.4. The predicted octanol–water partition coefficient (Wildman–Crippen LogP) is 4.80. The fourth-order valence-electron chi connectivity index (χ4n) is 7.44. The summed E-state index contributed by atoms with van der Waals surface area (Å²) < 4.78 is 21.9. The van der Waals surface area contributed by atoms with E-state index in [-0.39, 0.29) is 48.1 Å². The second kappa shape index (κ2) is 14.4. The largest absolute Gasteiger partial charge is 0.508 e. The molecule has 0 aromatic heterocycles. The van der Waals surface area contributed by atoms with Gasteiger partial charge in [0.25, 0.3) is 0 Å². The van der Waals surface area contributed by atoms with E-state index in [1.165, 1.54) is 32.8 Å². The number of phenolic OH excluding ortho intramolecular Hbond substituents is 1. The third-order valence-corrected chi connectivity index (χ3v) is 9.22. The van der Waals surface area contributed by atoms with Crippen molar-refractivity contribution in [2.24, 2.45) is 29.6 Å². The topological polar surface area (TPSA) is 153 Å². The number of benzene rings is 1. The summed E-state index contributed by atoms with van der Waals surface area (Å²) in [6.45, 7) is 10.2. The highest BCUT2D eigenvalue weighted by Crippen LogP contribution is 2.53. The Bertz CT molecular complexity index is 1240. The van der Waals surface area contributed by atoms with Crippen molar-refractivity contribution in [2.75, 3.05) is 20.8 Å². The lowest BCUT2D eigenvalue weighted by Gasteiger charge is -2.54. The number of aromatic hydroxyl groups is 1. The number of nitrogens with one attached hydrogen (secondary N) is 2. The van der Waals surface area contributed by atoms with Crippen LogP contribution in [0.25, 0.3) is 0 Å². The number of phenols is 1. The van der Waals surface area contributed by atoms with Crippen LogP contribution in [0, 0.1) is 29.6 Å². The van der Waals surface area contributed by atoms with Crippen LogP contribution in [0.5, 0.6) is 17.2 Å². The first kappa shape index (κ1) is 35.2. The van der Waals surface area contributed by atoms with Gasteiger partial charge in [0.15, 0.2) is 0 Å². The Morgan fingerprint density at radius 1 is 0.891 bits per heavy atom. The summed E-state index contributed by atoms with van der Waals surface area (Å²) in [5.74, 6) is 1.43. The smallest absolute Gasteiger partial charge is 0.420 e. The molecule has 5 rings (SSSR count). The molecule has 0 aliphatic heterocycles. The van der Waals surface area contributed by atoms with Gasteiger partial charge in [-0.2, -0.15) is 4.90 Å². The molecule has 4 bridgehead atoms. The lowest BCUT2D eigenvalue weighted by atomic mass is 9.54. The van der Waals surface area contributed by atoms with E-state index in [1.54, 1.807) is 27.7 Å². The number of hydrogen-bond donors (Lipinski definition) is 3. The monoisotopic (exact) mass is 645 g/mol. The van der Waals surface area contributed by atoms with Gasteiger partial charge in [0, 0.05) is 30.2 Å². The van der Waals surface area contributed by atoms with Crippen LogP contribution in [0.15, 0.2) is 12.1 Å². The molecule has 256 valence electrons. The third kappa shape index (κ3) is 8.36. The molecule has 3 N–H and O–H groups in total. The highest BCUT2D eigenvalue weighted by Gasteiger charge is 2.49. The van der Waals surface area contributed by atoms with Crippen LogP contribution in [0.4, 0.5) is 9.59 Å². The number of methoxy groups -OCH3 is 2. The van der Waals surface area contributed by atoms with Crippen molar-refractivity contribution < 1.29 is 43.2 Å². The Balaban J connectivity index is 1.63. The quantitative estimate of drug-likeness (QED) is 0.308. The van der Waals surface area contributed by atoms with E-state index >= 15 is 0 Å². The van der Waals surface area contributed by atoms with Gasteiger partial charge in [0.2, 0.25) is 11.8 Å². The Hall–Kier alpha value is -3.70. The van der Waals surface area contributed by atoms with Gasteiger partial charge >= 0.3 is 12.2 Å². The molecule has 0 spiro atoms. The molecule has 1 aromatic carbocycles. The molecule has 46 heavy (non-hydrogen) atoms. The Morgan fingerprint density at radius 3 is 1.91 bits per heavy atom. The number of carbonyl (C=O) groups excluding carboxylic acids is 4. The molecule has 4 amide bonds. The molecule has 4 aliphatic carbocycles. The molecule has 0 saturated heterocycles. The molecule has 1 aromatic rings. The fourth-order valence-corrected chi connectivity index (χ4v) is 7.44. The van der Waals surface area contributed by atoms with E-state index < -0.39 is 35.8 Å². The van der Waals surface area contributed by atoms with Gasteiger partial charge in [0.1, 0.15) is 34.9 Å². The summed E-state index contributed by atoms with van der Waals surface area (Å²) in [4.78, 5) is 55.4. The van der Waals surface area contributed by atoms with Crippen LogP contribution in [0.1, 0.15) is 79.2 Å². The molecule has 4 fully saturated rings. The van der Waals surface area contributed by atoms with Crippen molar-refractivity contribution >= 4 is 24.0 Å². The van der Waals surface area contributed by atoms with Gasteiger partial charge in [-0.1, -0.05) is 13.8 Å². The maximum absolute atomic E-state index is 14.1. The van der Waals surface area contributed by atoms with Crippen LogP contribution in [-0.2, 0) is 25.5 Å². The number of hydrogen-bond acceptors (Lipinski definition) is 9. The molecule has 1 unspecified atom stereocenters. The average Bonchev–Trinajstić information content (AvgIpc) is 2.96. The van der Waals surface area contributed by atoms with Crippen molar-refractivity contribution in [3.63, 3.8) is 0 Å². The number of nitrogens with zero attached hydrogens (tertiary/aromatic N) is 1. The lowest BCUT2D eigenvalue weighted by Crippen LogP contribution is -2.60. The third-order valence-electron chi connectivity index (χ3n) is 9.22. The zero-order valence-electron chi connectivity index (χ0n) is 28.4. The first-order valence-electron chi connectivity index (χ1n) is 16.3. The number of ether oxygens (including phenoxy) is 4. The maximum atomic E-state index is 14.1. The van der Waals surface area contributed by atoms with Crippen LogP contribution in [0.2, 0.25) is 0 Å². The molecule has 0 heterocycles. The highest BCUT2D eigenvalue weighted by atomic mass is 16.6. The minimum absolute atomic E-state index is 0.0113. The summed E-state index contributed by atoms with van der Waals surface area (Å²) in [6, 6.07) is 0.234. The Labute approximate surface area is 271 Å². The van der Waals surface area contributed by atoms with Crippen molar-refractivity contribution in [2.45, 2.75) is 104 Å². The summed E-state index contributed by atoms with van der Waals surface area (Å²) in [5.41, 5.74) is -0.701. The number of imide groups is 1. The van der Waals surface area contributed by atoms with E-state index in [0.717, 1.165) is 37.5 Å². The van der Waals surface area contributed by atoms with Gasteiger partial charge in [0.05, 0.1) is 20.8 Å². The highest BCUT2D eigenvalue weighted by molar-refractivity contribution is 5.97. The molecule has 2 atom stereocenters. The van der Waals surface area contributed by atoms with Crippen LogP contribution < -0.4 is 20.1 Å². The van der Waals surface area contributed by atoms with Crippen LogP contribution in [-0.4, -0.2) is 78.6 Å². The Morgan fingerprint density at radius 2 is 1.43 bits per heavy atom. The summed E-state index contributed by atoms with van der Waals surface area (Å²) in [5, 5.41) is 16.2. The summed E-state index contributed by atoms with van der Waals surface area (Å²) in [6.07, 6.45) is 3.33. The van der Waals surface area contributed by atoms with E-state index in [2.05, 4.69) is 10.6 Å². The molecular formula is C34H51N3O9. The second-order valence-corrected chi connectivity index (χ2v) is 14.6. The van der Waals surface area contributed by atoms with Gasteiger partial charge in [-0.05, 0) is 89.4 Å².